The number of carbonyl (C=O) groups excluding carboxylic acids is 6. The second-order valence-electron chi connectivity index (χ2n) is 15.5. The molecule has 1 aromatic carbocycles. The molecular formula is C44H71N9O10. The van der Waals surface area contributed by atoms with E-state index in [0.717, 1.165) is 64.2 Å². The minimum Gasteiger partial charge on any atom is -0.481 e. The van der Waals surface area contributed by atoms with Crippen LogP contribution in [-0.2, 0) is 28.8 Å². The normalized spacial score (nSPS) is 10.5. The molecule has 0 fully saturated rings. The molecule has 0 aliphatic rings. The van der Waals surface area contributed by atoms with E-state index in [4.69, 9.17) is 15.7 Å². The summed E-state index contributed by atoms with van der Waals surface area (Å²) in [5.74, 6) is -2.62. The first-order chi connectivity index (χ1) is 30.4. The maximum absolute atomic E-state index is 12.9. The molecule has 0 saturated carbocycles. The molecule has 0 aliphatic heterocycles. The van der Waals surface area contributed by atoms with Crippen LogP contribution in [0.2, 0.25) is 0 Å². The molecule has 1 rings (SSSR count). The molecule has 0 heterocycles. The summed E-state index contributed by atoms with van der Waals surface area (Å²) in [7, 11) is 0. The number of amides is 6. The molecule has 0 saturated heterocycles. The predicted molar refractivity (Wildman–Crippen MR) is 238 cm³/mol. The number of carboxylic acid groups (broad SMARTS) is 2. The molecule has 6 amide bonds. The molecule has 0 aliphatic carbocycles. The zero-order chi connectivity index (χ0) is 46.3. The third-order valence-corrected chi connectivity index (χ3v) is 9.92. The van der Waals surface area contributed by atoms with E-state index < -0.39 is 23.8 Å². The van der Waals surface area contributed by atoms with Gasteiger partial charge in [0.05, 0.1) is 0 Å². The molecule has 0 aromatic heterocycles. The Morgan fingerprint density at radius 2 is 0.667 bits per heavy atom. The topological polar surface area (TPSA) is 298 Å². The Morgan fingerprint density at radius 1 is 0.397 bits per heavy atom. The van der Waals surface area contributed by atoms with Crippen molar-refractivity contribution in [1.29, 1.82) is 0 Å². The van der Waals surface area contributed by atoms with Gasteiger partial charge in [0.25, 0.3) is 11.8 Å². The maximum atomic E-state index is 12.9. The van der Waals surface area contributed by atoms with Crippen molar-refractivity contribution in [3.05, 3.63) is 39.8 Å². The minimum atomic E-state index is -0.809. The third-order valence-electron chi connectivity index (χ3n) is 9.92. The molecule has 1 aromatic rings. The van der Waals surface area contributed by atoms with Crippen molar-refractivity contribution >= 4 is 53.1 Å². The van der Waals surface area contributed by atoms with E-state index in [1.54, 1.807) is 0 Å². The van der Waals surface area contributed by atoms with E-state index in [2.05, 4.69) is 41.9 Å². The SMILES string of the molecule is [N-]=[N+]=Nc1cc(C(=O)NCCCCCC(=O)NCCCCCC(=O)NCCCCCC(=O)O)cc(C(=O)NCCCCCC(=O)NCCCCCC(=O)NCCCCCC(=O)O)c1. The molecule has 0 spiro atoms. The van der Waals surface area contributed by atoms with Gasteiger partial charge in [0.15, 0.2) is 0 Å². The number of unbranched alkanes of at least 4 members (excludes halogenated alkanes) is 12. The molecule has 19 heteroatoms. The highest BCUT2D eigenvalue weighted by atomic mass is 16.4. The lowest BCUT2D eigenvalue weighted by atomic mass is 10.1. The van der Waals surface area contributed by atoms with Crippen molar-refractivity contribution in [2.75, 3.05) is 39.3 Å². The average molecular weight is 886 g/mol. The van der Waals surface area contributed by atoms with Crippen molar-refractivity contribution in [3.8, 4) is 0 Å². The van der Waals surface area contributed by atoms with Crippen LogP contribution in [0.5, 0.6) is 0 Å². The number of hydrogen-bond donors (Lipinski definition) is 8. The highest BCUT2D eigenvalue weighted by Gasteiger charge is 2.13. The largest absolute Gasteiger partial charge is 0.481 e. The molecule has 0 radical (unpaired) electrons. The Balaban J connectivity index is 2.17. The molecular weight excluding hydrogens is 815 g/mol. The van der Waals surface area contributed by atoms with E-state index in [9.17, 15) is 38.4 Å². The summed E-state index contributed by atoms with van der Waals surface area (Å²) in [5, 5.41) is 37.9. The second kappa shape index (κ2) is 36.9. The minimum absolute atomic E-state index is 0.0214. The number of benzene rings is 1. The van der Waals surface area contributed by atoms with Crippen LogP contribution in [0.25, 0.3) is 10.4 Å². The summed E-state index contributed by atoms with van der Waals surface area (Å²) in [6, 6.07) is 4.25. The molecule has 8 N–H and O–H groups in total. The maximum Gasteiger partial charge on any atom is 0.303 e. The summed E-state index contributed by atoms with van der Waals surface area (Å²) in [6.45, 7) is 2.87. The van der Waals surface area contributed by atoms with Gasteiger partial charge in [-0.3, -0.25) is 38.4 Å². The number of azide groups is 1. The number of carbonyl (C=O) groups is 8. The number of nitrogens with one attached hydrogen (secondary N) is 6. The average Bonchev–Trinajstić information content (AvgIpc) is 3.24. The van der Waals surface area contributed by atoms with Crippen LogP contribution in [-0.4, -0.2) is 96.9 Å². The van der Waals surface area contributed by atoms with Crippen molar-refractivity contribution in [1.82, 2.24) is 31.9 Å². The summed E-state index contributed by atoms with van der Waals surface area (Å²) < 4.78 is 0. The van der Waals surface area contributed by atoms with Gasteiger partial charge in [-0.25, -0.2) is 0 Å². The fourth-order valence-electron chi connectivity index (χ4n) is 6.36. The predicted octanol–water partition coefficient (Wildman–Crippen LogP) is 6.08. The monoisotopic (exact) mass is 886 g/mol. The van der Waals surface area contributed by atoms with E-state index in [1.807, 2.05) is 0 Å². The summed E-state index contributed by atoms with van der Waals surface area (Å²) >= 11 is 0. The first-order valence-corrected chi connectivity index (χ1v) is 22.7. The van der Waals surface area contributed by atoms with Gasteiger partial charge in [0.2, 0.25) is 23.6 Å². The molecule has 63 heavy (non-hydrogen) atoms. The van der Waals surface area contributed by atoms with Crippen LogP contribution < -0.4 is 31.9 Å². The smallest absolute Gasteiger partial charge is 0.303 e. The lowest BCUT2D eigenvalue weighted by Gasteiger charge is -2.10. The summed E-state index contributed by atoms with van der Waals surface area (Å²) in [5.41, 5.74) is 9.43. The van der Waals surface area contributed by atoms with Crippen LogP contribution in [0.4, 0.5) is 5.69 Å². The molecule has 0 atom stereocenters. The Kier molecular flexibility index (Phi) is 32.4. The van der Waals surface area contributed by atoms with E-state index in [0.29, 0.717) is 116 Å². The van der Waals surface area contributed by atoms with E-state index in [1.165, 1.54) is 18.2 Å². The van der Waals surface area contributed by atoms with Gasteiger partial charge in [-0.2, -0.15) is 0 Å². The Hall–Kier alpha value is -5.71. The fourth-order valence-corrected chi connectivity index (χ4v) is 6.36. The Bertz CT molecular complexity index is 1510. The lowest BCUT2D eigenvalue weighted by Crippen LogP contribution is -2.27. The number of aliphatic carboxylic acids is 2. The first kappa shape index (κ1) is 55.3. The van der Waals surface area contributed by atoms with E-state index >= 15 is 0 Å². The van der Waals surface area contributed by atoms with Crippen LogP contribution in [0.3, 0.4) is 0 Å². The lowest BCUT2D eigenvalue weighted by molar-refractivity contribution is -0.138. The van der Waals surface area contributed by atoms with Crippen molar-refractivity contribution in [3.63, 3.8) is 0 Å². The number of nitrogens with zero attached hydrogens (tertiary/aromatic N) is 3. The van der Waals surface area contributed by atoms with Crippen LogP contribution in [0.1, 0.15) is 175 Å². The summed E-state index contributed by atoms with van der Waals surface area (Å²) in [6.07, 6.45) is 14.7. The molecule has 0 bridgehead atoms. The highest BCUT2D eigenvalue weighted by Crippen LogP contribution is 2.19. The van der Waals surface area contributed by atoms with Crippen molar-refractivity contribution < 1.29 is 48.6 Å². The van der Waals surface area contributed by atoms with Gasteiger partial charge in [-0.1, -0.05) is 43.6 Å². The van der Waals surface area contributed by atoms with Gasteiger partial charge in [-0.15, -0.1) is 0 Å². The molecule has 0 unspecified atom stereocenters. The molecule has 352 valence electrons. The van der Waals surface area contributed by atoms with E-state index in [-0.39, 0.29) is 53.3 Å². The summed E-state index contributed by atoms with van der Waals surface area (Å²) in [4.78, 5) is 97.8. The second-order valence-corrected chi connectivity index (χ2v) is 15.5. The third kappa shape index (κ3) is 32.6. The van der Waals surface area contributed by atoms with Crippen LogP contribution >= 0.6 is 0 Å². The number of carboxylic acids is 2. The Labute approximate surface area is 371 Å². The Morgan fingerprint density at radius 3 is 0.937 bits per heavy atom. The van der Waals surface area contributed by atoms with Crippen molar-refractivity contribution in [2.24, 2.45) is 5.11 Å². The first-order valence-electron chi connectivity index (χ1n) is 22.7. The van der Waals surface area contributed by atoms with Crippen LogP contribution in [0, 0.1) is 0 Å². The standard InChI is InChI=1S/C44H71N9O10/c45-53-52-36-32-34(43(62)50-29-17-3-9-21-39(56)46-25-13-1-7-19-37(54)48-27-15-5-11-23-41(58)59)31-35(33-36)44(63)51-30-18-4-10-22-40(57)47-26-14-2-8-20-38(55)49-28-16-6-12-24-42(60)61/h31-33H,1-30H2,(H,46,56)(H,47,57)(H,48,54)(H,49,55)(H,50,62)(H,51,63)(H,58,59)(H,60,61). The fraction of sp³-hybridized carbons (Fsp3) is 0.682. The van der Waals surface area contributed by atoms with Gasteiger partial charge >= 0.3 is 11.9 Å². The zero-order valence-corrected chi connectivity index (χ0v) is 36.9. The molecule has 19 nitrogen and oxygen atoms in total. The highest BCUT2D eigenvalue weighted by molar-refractivity contribution is 6.01. The number of hydrogen-bond acceptors (Lipinski definition) is 9. The van der Waals surface area contributed by atoms with Gasteiger partial charge in [0, 0.05) is 99.5 Å². The van der Waals surface area contributed by atoms with Crippen LogP contribution in [0.15, 0.2) is 23.3 Å². The van der Waals surface area contributed by atoms with Gasteiger partial charge in [-0.05, 0) is 101 Å². The quantitative estimate of drug-likeness (QED) is 0.0163. The van der Waals surface area contributed by atoms with Gasteiger partial charge < -0.3 is 42.1 Å². The number of rotatable bonds is 39. The van der Waals surface area contributed by atoms with Crippen molar-refractivity contribution in [2.45, 2.75) is 154 Å². The zero-order valence-electron chi connectivity index (χ0n) is 36.9. The van der Waals surface area contributed by atoms with Gasteiger partial charge in [0.1, 0.15) is 0 Å².